The molecule has 3 aliphatic rings. The van der Waals surface area contributed by atoms with E-state index < -0.39 is 5.54 Å². The molecule has 1 aromatic carbocycles. The highest BCUT2D eigenvalue weighted by atomic mass is 35.5. The van der Waals surface area contributed by atoms with Crippen LogP contribution in [-0.4, -0.2) is 41.5 Å². The largest absolute Gasteiger partial charge is 0.372 e. The van der Waals surface area contributed by atoms with E-state index in [0.717, 1.165) is 18.8 Å². The van der Waals surface area contributed by atoms with Gasteiger partial charge in [0.05, 0.1) is 0 Å². The molecule has 0 aromatic heterocycles. The van der Waals surface area contributed by atoms with Crippen LogP contribution in [0.25, 0.3) is 0 Å². The highest BCUT2D eigenvalue weighted by molar-refractivity contribution is 5.89. The SMILES string of the molecule is Cc1ccc(NC(C)(C)C(=O)N2[C@@H]3CC[C@H]2[C@H]2CNC[C@H]23)cc1.Cl.Cl. The molecule has 0 aliphatic carbocycles. The summed E-state index contributed by atoms with van der Waals surface area (Å²) in [5.74, 6) is 1.61. The van der Waals surface area contributed by atoms with Crippen LogP contribution < -0.4 is 10.6 Å². The minimum absolute atomic E-state index is 0. The molecule has 2 bridgehead atoms. The minimum Gasteiger partial charge on any atom is -0.372 e. The maximum absolute atomic E-state index is 13.3. The fraction of sp³-hybridized carbons (Fsp3) is 0.632. The van der Waals surface area contributed by atoms with Crippen LogP contribution in [0.2, 0.25) is 0 Å². The summed E-state index contributed by atoms with van der Waals surface area (Å²) in [7, 11) is 0. The number of amides is 1. The Morgan fingerprint density at radius 2 is 1.60 bits per heavy atom. The van der Waals surface area contributed by atoms with Gasteiger partial charge < -0.3 is 15.5 Å². The molecule has 4 nitrogen and oxygen atoms in total. The summed E-state index contributed by atoms with van der Waals surface area (Å²) in [6, 6.07) is 9.18. The lowest BCUT2D eigenvalue weighted by Gasteiger charge is -2.34. The minimum atomic E-state index is -0.567. The molecule has 4 rings (SSSR count). The lowest BCUT2D eigenvalue weighted by Crippen LogP contribution is -2.53. The van der Waals surface area contributed by atoms with E-state index in [1.807, 2.05) is 13.8 Å². The van der Waals surface area contributed by atoms with Gasteiger partial charge in [0, 0.05) is 30.9 Å². The highest BCUT2D eigenvalue weighted by Crippen LogP contribution is 2.48. The van der Waals surface area contributed by atoms with E-state index in [1.165, 1.54) is 18.4 Å². The van der Waals surface area contributed by atoms with E-state index in [0.29, 0.717) is 23.9 Å². The Kier molecular flexibility index (Phi) is 5.97. The Morgan fingerprint density at radius 1 is 1.08 bits per heavy atom. The van der Waals surface area contributed by atoms with Crippen LogP contribution in [0.3, 0.4) is 0 Å². The molecule has 0 spiro atoms. The fourth-order valence-electron chi connectivity index (χ4n) is 4.94. The summed E-state index contributed by atoms with van der Waals surface area (Å²) in [5.41, 5.74) is 1.68. The van der Waals surface area contributed by atoms with Crippen molar-refractivity contribution in [1.82, 2.24) is 10.2 Å². The second-order valence-corrected chi connectivity index (χ2v) is 8.03. The molecular formula is C19H29Cl2N3O. The van der Waals surface area contributed by atoms with Crippen molar-refractivity contribution in [1.29, 1.82) is 0 Å². The number of aryl methyl sites for hydroxylation is 1. The van der Waals surface area contributed by atoms with Crippen LogP contribution >= 0.6 is 24.8 Å². The van der Waals surface area contributed by atoms with Crippen molar-refractivity contribution < 1.29 is 4.79 Å². The summed E-state index contributed by atoms with van der Waals surface area (Å²) < 4.78 is 0. The maximum Gasteiger partial charge on any atom is 0.248 e. The van der Waals surface area contributed by atoms with Gasteiger partial charge in [-0.15, -0.1) is 24.8 Å². The van der Waals surface area contributed by atoms with E-state index in [4.69, 9.17) is 0 Å². The Bertz CT molecular complexity index is 602. The number of carbonyl (C=O) groups is 1. The molecule has 1 aromatic rings. The number of hydrogen-bond acceptors (Lipinski definition) is 3. The number of benzene rings is 1. The smallest absolute Gasteiger partial charge is 0.248 e. The van der Waals surface area contributed by atoms with E-state index in [1.54, 1.807) is 0 Å². The molecule has 0 radical (unpaired) electrons. The second-order valence-electron chi connectivity index (χ2n) is 8.03. The normalized spacial score (nSPS) is 29.6. The van der Waals surface area contributed by atoms with Gasteiger partial charge in [-0.05, 0) is 57.6 Å². The van der Waals surface area contributed by atoms with Gasteiger partial charge >= 0.3 is 0 Å². The van der Waals surface area contributed by atoms with Crippen molar-refractivity contribution in [2.45, 2.75) is 51.2 Å². The third-order valence-electron chi connectivity index (χ3n) is 6.05. The van der Waals surface area contributed by atoms with Crippen LogP contribution in [0, 0.1) is 18.8 Å². The summed E-state index contributed by atoms with van der Waals surface area (Å²) in [6.45, 7) is 8.28. The molecule has 3 heterocycles. The van der Waals surface area contributed by atoms with Gasteiger partial charge in [0.15, 0.2) is 0 Å². The first-order valence-corrected chi connectivity index (χ1v) is 8.86. The Morgan fingerprint density at radius 3 is 2.12 bits per heavy atom. The zero-order valence-electron chi connectivity index (χ0n) is 15.1. The first-order chi connectivity index (χ1) is 11.0. The van der Waals surface area contributed by atoms with Gasteiger partial charge in [0.25, 0.3) is 0 Å². The van der Waals surface area contributed by atoms with Crippen LogP contribution in [0.15, 0.2) is 24.3 Å². The number of carbonyl (C=O) groups excluding carboxylic acids is 1. The topological polar surface area (TPSA) is 44.4 Å². The standard InChI is InChI=1S/C19H27N3O.2ClH/c1-12-4-6-13(7-5-12)21-19(2,3)18(23)22-16-8-9-17(22)15-11-20-10-14(15)16;;/h4-7,14-17,20-21H,8-11H2,1-3H3;2*1H/t14-,15+,16-,17+;;. The van der Waals surface area contributed by atoms with Crippen molar-refractivity contribution in [3.63, 3.8) is 0 Å². The summed E-state index contributed by atoms with van der Waals surface area (Å²) in [6.07, 6.45) is 2.36. The van der Waals surface area contributed by atoms with Gasteiger partial charge in [0.1, 0.15) is 5.54 Å². The number of halogens is 2. The van der Waals surface area contributed by atoms with Crippen molar-refractivity contribution in [2.24, 2.45) is 11.8 Å². The second kappa shape index (κ2) is 7.34. The van der Waals surface area contributed by atoms with E-state index in [9.17, 15) is 4.79 Å². The van der Waals surface area contributed by atoms with Crippen LogP contribution in [0.4, 0.5) is 5.69 Å². The van der Waals surface area contributed by atoms with Gasteiger partial charge in [-0.3, -0.25) is 4.79 Å². The molecule has 3 aliphatic heterocycles. The van der Waals surface area contributed by atoms with E-state index >= 15 is 0 Å². The highest BCUT2D eigenvalue weighted by Gasteiger charge is 2.57. The molecular weight excluding hydrogens is 357 g/mol. The third-order valence-corrected chi connectivity index (χ3v) is 6.05. The van der Waals surface area contributed by atoms with Crippen molar-refractivity contribution in [2.75, 3.05) is 18.4 Å². The van der Waals surface area contributed by atoms with Gasteiger partial charge in [-0.1, -0.05) is 17.7 Å². The zero-order valence-corrected chi connectivity index (χ0v) is 16.8. The number of nitrogens with one attached hydrogen (secondary N) is 2. The number of rotatable bonds is 3. The van der Waals surface area contributed by atoms with E-state index in [-0.39, 0.29) is 30.7 Å². The Labute approximate surface area is 162 Å². The number of fused-ring (bicyclic) bond motifs is 5. The van der Waals surface area contributed by atoms with Crippen molar-refractivity contribution in [3.05, 3.63) is 29.8 Å². The molecule has 25 heavy (non-hydrogen) atoms. The summed E-state index contributed by atoms with van der Waals surface area (Å²) >= 11 is 0. The van der Waals surface area contributed by atoms with E-state index in [2.05, 4.69) is 46.7 Å². The van der Waals surface area contributed by atoms with Gasteiger partial charge in [0.2, 0.25) is 5.91 Å². The maximum atomic E-state index is 13.3. The first-order valence-electron chi connectivity index (χ1n) is 8.86. The first kappa shape index (κ1) is 20.3. The molecule has 6 heteroatoms. The molecule has 3 fully saturated rings. The molecule has 4 atom stereocenters. The average molecular weight is 386 g/mol. The van der Waals surface area contributed by atoms with Crippen LogP contribution in [0.1, 0.15) is 32.3 Å². The van der Waals surface area contributed by atoms with Crippen molar-refractivity contribution in [3.8, 4) is 0 Å². The lowest BCUT2D eigenvalue weighted by atomic mass is 9.82. The predicted octanol–water partition coefficient (Wildman–Crippen LogP) is 3.24. The average Bonchev–Trinajstić information content (AvgIpc) is 3.19. The van der Waals surface area contributed by atoms with Gasteiger partial charge in [-0.25, -0.2) is 0 Å². The van der Waals surface area contributed by atoms with Gasteiger partial charge in [-0.2, -0.15) is 0 Å². The molecule has 1 amide bonds. The van der Waals surface area contributed by atoms with Crippen LogP contribution in [-0.2, 0) is 4.79 Å². The Hall–Kier alpha value is -0.970. The third kappa shape index (κ3) is 3.36. The Balaban J connectivity index is 0.00000113. The lowest BCUT2D eigenvalue weighted by molar-refractivity contribution is -0.136. The zero-order chi connectivity index (χ0) is 16.2. The molecule has 3 saturated heterocycles. The monoisotopic (exact) mass is 385 g/mol. The molecule has 0 unspecified atom stereocenters. The number of anilines is 1. The summed E-state index contributed by atoms with van der Waals surface area (Å²) in [4.78, 5) is 15.5. The molecule has 0 saturated carbocycles. The summed E-state index contributed by atoms with van der Waals surface area (Å²) in [5, 5.41) is 6.96. The fourth-order valence-corrected chi connectivity index (χ4v) is 4.94. The van der Waals surface area contributed by atoms with Crippen molar-refractivity contribution >= 4 is 36.4 Å². The number of nitrogens with zero attached hydrogens (tertiary/aromatic N) is 1. The molecule has 2 N–H and O–H groups in total. The number of hydrogen-bond donors (Lipinski definition) is 2. The predicted molar refractivity (Wildman–Crippen MR) is 107 cm³/mol. The van der Waals surface area contributed by atoms with Crippen LogP contribution in [0.5, 0.6) is 0 Å². The molecule has 140 valence electrons. The quantitative estimate of drug-likeness (QED) is 0.839.